The van der Waals surface area contributed by atoms with E-state index in [2.05, 4.69) is 26.7 Å². The summed E-state index contributed by atoms with van der Waals surface area (Å²) in [5, 5.41) is 0. The van der Waals surface area contributed by atoms with Crippen molar-refractivity contribution in [2.24, 2.45) is 0 Å². The Kier molecular flexibility index (Phi) is 4.36. The minimum Gasteiger partial charge on any atom is -0.340 e. The van der Waals surface area contributed by atoms with Gasteiger partial charge < -0.3 is 4.90 Å². The van der Waals surface area contributed by atoms with Gasteiger partial charge in [-0.05, 0) is 20.3 Å². The number of hydrogen-bond acceptors (Lipinski definition) is 1. The predicted molar refractivity (Wildman–Crippen MR) is 46.0 cm³/mol. The zero-order chi connectivity index (χ0) is 8.85. The van der Waals surface area contributed by atoms with E-state index in [4.69, 9.17) is 0 Å². The molecule has 1 aliphatic rings. The highest BCUT2D eigenvalue weighted by molar-refractivity contribution is 5.78. The second kappa shape index (κ2) is 4.79. The molecule has 0 aromatic rings. The maximum atomic E-state index is 10.9. The molecule has 0 aromatic carbocycles. The summed E-state index contributed by atoms with van der Waals surface area (Å²) in [5.74, 6) is 0.324. The Labute approximate surface area is 68.6 Å². The Hall–Kier alpha value is -0.970. The summed E-state index contributed by atoms with van der Waals surface area (Å²) in [6.07, 6.45) is 9.81. The zero-order valence-corrected chi connectivity index (χ0v) is 7.21. The summed E-state index contributed by atoms with van der Waals surface area (Å²) in [5.41, 5.74) is 0. The average molecular weight is 153 g/mol. The SMILES string of the molecule is C#C.CC(C)N1CCCC1=O. The normalized spacial score (nSPS) is 16.5. The molecule has 0 aliphatic carbocycles. The molecule has 0 bridgehead atoms. The molecule has 0 saturated carbocycles. The lowest BCUT2D eigenvalue weighted by Crippen LogP contribution is -2.31. The van der Waals surface area contributed by atoms with Crippen LogP contribution in [-0.2, 0) is 4.79 Å². The summed E-state index contributed by atoms with van der Waals surface area (Å²) in [6.45, 7) is 5.09. The van der Waals surface area contributed by atoms with E-state index in [1.807, 2.05) is 4.90 Å². The van der Waals surface area contributed by atoms with Crippen molar-refractivity contribution in [1.82, 2.24) is 4.90 Å². The van der Waals surface area contributed by atoms with Crippen molar-refractivity contribution in [3.05, 3.63) is 0 Å². The van der Waals surface area contributed by atoms with E-state index in [1.165, 1.54) is 0 Å². The predicted octanol–water partition coefficient (Wildman–Crippen LogP) is 1.27. The van der Waals surface area contributed by atoms with Crippen LogP contribution in [0.25, 0.3) is 0 Å². The Balaban J connectivity index is 0.000000461. The first kappa shape index (κ1) is 10.0. The molecular weight excluding hydrogens is 138 g/mol. The number of nitrogens with zero attached hydrogens (tertiary/aromatic N) is 1. The molecule has 1 heterocycles. The molecule has 0 unspecified atom stereocenters. The molecule has 1 fully saturated rings. The fourth-order valence-corrected chi connectivity index (χ4v) is 1.22. The lowest BCUT2D eigenvalue weighted by molar-refractivity contribution is -0.129. The molecule has 0 radical (unpaired) electrons. The Morgan fingerprint density at radius 3 is 2.18 bits per heavy atom. The van der Waals surface area contributed by atoms with E-state index in [0.29, 0.717) is 11.9 Å². The summed E-state index contributed by atoms with van der Waals surface area (Å²) >= 11 is 0. The fraction of sp³-hybridized carbons (Fsp3) is 0.667. The van der Waals surface area contributed by atoms with Gasteiger partial charge in [0.05, 0.1) is 0 Å². The monoisotopic (exact) mass is 153 g/mol. The van der Waals surface area contributed by atoms with Gasteiger partial charge in [0.25, 0.3) is 0 Å². The molecule has 0 atom stereocenters. The topological polar surface area (TPSA) is 20.3 Å². The molecule has 1 aliphatic heterocycles. The van der Waals surface area contributed by atoms with Crippen molar-refractivity contribution >= 4 is 5.91 Å². The first-order valence-electron chi connectivity index (χ1n) is 3.84. The molecule has 2 nitrogen and oxygen atoms in total. The molecule has 11 heavy (non-hydrogen) atoms. The number of rotatable bonds is 1. The van der Waals surface area contributed by atoms with Gasteiger partial charge in [-0.25, -0.2) is 0 Å². The van der Waals surface area contributed by atoms with E-state index in [1.54, 1.807) is 0 Å². The third-order valence-electron chi connectivity index (χ3n) is 1.73. The third kappa shape index (κ3) is 2.63. The van der Waals surface area contributed by atoms with Crippen molar-refractivity contribution in [3.8, 4) is 12.8 Å². The van der Waals surface area contributed by atoms with E-state index in [0.717, 1.165) is 19.4 Å². The molecule has 62 valence electrons. The maximum absolute atomic E-state index is 10.9. The van der Waals surface area contributed by atoms with E-state index < -0.39 is 0 Å². The van der Waals surface area contributed by atoms with E-state index in [-0.39, 0.29) is 0 Å². The number of likely N-dealkylation sites (tertiary alicyclic amines) is 1. The molecule has 0 aromatic heterocycles. The second-order valence-electron chi connectivity index (χ2n) is 2.78. The minimum absolute atomic E-state index is 0.324. The largest absolute Gasteiger partial charge is 0.340 e. The van der Waals surface area contributed by atoms with E-state index in [9.17, 15) is 4.79 Å². The van der Waals surface area contributed by atoms with Gasteiger partial charge in [0.1, 0.15) is 0 Å². The Morgan fingerprint density at radius 2 is 2.00 bits per heavy atom. The van der Waals surface area contributed by atoms with Gasteiger partial charge in [-0.15, -0.1) is 12.8 Å². The molecule has 1 amide bonds. The lowest BCUT2D eigenvalue weighted by atomic mass is 10.3. The summed E-state index contributed by atoms with van der Waals surface area (Å²) < 4.78 is 0. The highest BCUT2D eigenvalue weighted by atomic mass is 16.2. The summed E-state index contributed by atoms with van der Waals surface area (Å²) in [6, 6.07) is 0.403. The van der Waals surface area contributed by atoms with Crippen molar-refractivity contribution in [2.75, 3.05) is 6.54 Å². The van der Waals surface area contributed by atoms with Crippen LogP contribution < -0.4 is 0 Å². The van der Waals surface area contributed by atoms with Crippen molar-refractivity contribution in [1.29, 1.82) is 0 Å². The van der Waals surface area contributed by atoms with Crippen LogP contribution in [0.5, 0.6) is 0 Å². The van der Waals surface area contributed by atoms with Gasteiger partial charge in [0, 0.05) is 19.0 Å². The molecule has 0 N–H and O–H groups in total. The van der Waals surface area contributed by atoms with Crippen LogP contribution in [0.3, 0.4) is 0 Å². The average Bonchev–Trinajstić information content (AvgIpc) is 2.39. The van der Waals surface area contributed by atoms with Crippen LogP contribution in [0.4, 0.5) is 0 Å². The number of carbonyl (C=O) groups excluding carboxylic acids is 1. The first-order chi connectivity index (χ1) is 5.22. The number of terminal acetylenes is 1. The molecule has 1 rings (SSSR count). The van der Waals surface area contributed by atoms with Crippen molar-refractivity contribution in [3.63, 3.8) is 0 Å². The fourth-order valence-electron chi connectivity index (χ4n) is 1.22. The number of carbonyl (C=O) groups is 1. The standard InChI is InChI=1S/C7H13NO.C2H2/c1-6(2)8-5-3-4-7(8)9;1-2/h6H,3-5H2,1-2H3;1-2H. The smallest absolute Gasteiger partial charge is 0.222 e. The van der Waals surface area contributed by atoms with Gasteiger partial charge in [0.15, 0.2) is 0 Å². The lowest BCUT2D eigenvalue weighted by Gasteiger charge is -2.19. The molecule has 0 spiro atoms. The van der Waals surface area contributed by atoms with Crippen LogP contribution in [-0.4, -0.2) is 23.4 Å². The van der Waals surface area contributed by atoms with Crippen LogP contribution >= 0.6 is 0 Å². The van der Waals surface area contributed by atoms with Gasteiger partial charge in [-0.2, -0.15) is 0 Å². The molecule has 1 saturated heterocycles. The zero-order valence-electron chi connectivity index (χ0n) is 7.21. The highest BCUT2D eigenvalue weighted by Gasteiger charge is 2.21. The van der Waals surface area contributed by atoms with Gasteiger partial charge >= 0.3 is 0 Å². The van der Waals surface area contributed by atoms with Gasteiger partial charge in [-0.1, -0.05) is 0 Å². The first-order valence-corrected chi connectivity index (χ1v) is 3.84. The van der Waals surface area contributed by atoms with Gasteiger partial charge in [0.2, 0.25) is 5.91 Å². The van der Waals surface area contributed by atoms with Crippen LogP contribution in [0, 0.1) is 12.8 Å². The van der Waals surface area contributed by atoms with Crippen molar-refractivity contribution < 1.29 is 4.79 Å². The number of hydrogen-bond donors (Lipinski definition) is 0. The molecular formula is C9H15NO. The number of amides is 1. The van der Waals surface area contributed by atoms with Crippen LogP contribution in [0.2, 0.25) is 0 Å². The summed E-state index contributed by atoms with van der Waals surface area (Å²) in [7, 11) is 0. The maximum Gasteiger partial charge on any atom is 0.222 e. The quantitative estimate of drug-likeness (QED) is 0.519. The Bertz CT molecular complexity index is 149. The van der Waals surface area contributed by atoms with E-state index >= 15 is 0 Å². The van der Waals surface area contributed by atoms with Crippen molar-refractivity contribution in [2.45, 2.75) is 32.7 Å². The van der Waals surface area contributed by atoms with Crippen LogP contribution in [0.15, 0.2) is 0 Å². The molecule has 2 heteroatoms. The van der Waals surface area contributed by atoms with Crippen LogP contribution in [0.1, 0.15) is 26.7 Å². The van der Waals surface area contributed by atoms with Gasteiger partial charge in [-0.3, -0.25) is 4.79 Å². The Morgan fingerprint density at radius 1 is 1.45 bits per heavy atom. The highest BCUT2D eigenvalue weighted by Crippen LogP contribution is 2.12. The second-order valence-corrected chi connectivity index (χ2v) is 2.78. The summed E-state index contributed by atoms with van der Waals surface area (Å²) in [4.78, 5) is 12.9. The third-order valence-corrected chi connectivity index (χ3v) is 1.73. The minimum atomic E-state index is 0.324.